The van der Waals surface area contributed by atoms with Gasteiger partial charge in [-0.15, -0.1) is 11.3 Å². The molecule has 0 saturated carbocycles. The average molecular weight is 375 g/mol. The van der Waals surface area contributed by atoms with Gasteiger partial charge in [0.15, 0.2) is 5.13 Å². The number of rotatable bonds is 4. The summed E-state index contributed by atoms with van der Waals surface area (Å²) >= 11 is 1.47. The molecule has 0 atom stereocenters. The van der Waals surface area contributed by atoms with E-state index in [1.54, 1.807) is 23.2 Å². The van der Waals surface area contributed by atoms with Gasteiger partial charge in [0.1, 0.15) is 0 Å². The van der Waals surface area contributed by atoms with Crippen molar-refractivity contribution in [3.63, 3.8) is 0 Å². The summed E-state index contributed by atoms with van der Waals surface area (Å²) in [5.41, 5.74) is 0.832. The van der Waals surface area contributed by atoms with Crippen molar-refractivity contribution in [2.24, 2.45) is 5.92 Å². The van der Waals surface area contributed by atoms with Crippen LogP contribution in [0.2, 0.25) is 0 Å². The number of nitrogens with one attached hydrogen (secondary N) is 1. The van der Waals surface area contributed by atoms with Crippen LogP contribution in [0.4, 0.5) is 9.93 Å². The predicted octanol–water partition coefficient (Wildman–Crippen LogP) is 3.08. The number of piperidine rings is 1. The lowest BCUT2D eigenvalue weighted by molar-refractivity contribution is 0.176. The first-order chi connectivity index (χ1) is 12.4. The zero-order valence-corrected chi connectivity index (χ0v) is 16.3. The van der Waals surface area contributed by atoms with E-state index < -0.39 is 0 Å². The number of aryl methyl sites for hydroxylation is 1. The summed E-state index contributed by atoms with van der Waals surface area (Å²) in [6.07, 6.45) is 5.16. The van der Waals surface area contributed by atoms with Crippen LogP contribution in [0.1, 0.15) is 43.2 Å². The molecule has 26 heavy (non-hydrogen) atoms. The van der Waals surface area contributed by atoms with Gasteiger partial charge in [-0.2, -0.15) is 0 Å². The molecule has 140 valence electrons. The van der Waals surface area contributed by atoms with Crippen molar-refractivity contribution in [3.8, 4) is 0 Å². The maximum atomic E-state index is 12.3. The third kappa shape index (κ3) is 4.49. The Morgan fingerprint density at radius 3 is 2.65 bits per heavy atom. The molecular weight excluding hydrogens is 350 g/mol. The van der Waals surface area contributed by atoms with Gasteiger partial charge in [-0.1, -0.05) is 13.8 Å². The number of hydrogen-bond donors (Lipinski definition) is 1. The molecule has 8 heteroatoms. The summed E-state index contributed by atoms with van der Waals surface area (Å²) in [5.74, 6) is 0.631. The van der Waals surface area contributed by atoms with E-state index in [2.05, 4.69) is 15.3 Å². The van der Waals surface area contributed by atoms with Gasteiger partial charge in [0.2, 0.25) is 0 Å². The maximum Gasteiger partial charge on any atom is 0.323 e. The van der Waals surface area contributed by atoms with Crippen LogP contribution in [0, 0.1) is 12.8 Å². The third-order valence-electron chi connectivity index (χ3n) is 4.68. The molecular formula is C18H25N5O2S. The van der Waals surface area contributed by atoms with Crippen LogP contribution in [0.3, 0.4) is 0 Å². The Morgan fingerprint density at radius 2 is 2.08 bits per heavy atom. The first kappa shape index (κ1) is 18.6. The maximum absolute atomic E-state index is 12.3. The van der Waals surface area contributed by atoms with E-state index in [0.717, 1.165) is 23.4 Å². The molecule has 1 aliphatic heterocycles. The van der Waals surface area contributed by atoms with Crippen molar-refractivity contribution in [2.45, 2.75) is 46.1 Å². The zero-order valence-electron chi connectivity index (χ0n) is 15.4. The van der Waals surface area contributed by atoms with Gasteiger partial charge in [-0.25, -0.2) is 14.8 Å². The summed E-state index contributed by atoms with van der Waals surface area (Å²) < 4.78 is 1.69. The van der Waals surface area contributed by atoms with Gasteiger partial charge in [0, 0.05) is 36.8 Å². The van der Waals surface area contributed by atoms with Crippen LogP contribution >= 0.6 is 11.3 Å². The highest BCUT2D eigenvalue weighted by atomic mass is 32.1. The molecule has 7 nitrogen and oxygen atoms in total. The van der Waals surface area contributed by atoms with Crippen LogP contribution in [-0.4, -0.2) is 38.6 Å². The van der Waals surface area contributed by atoms with E-state index in [-0.39, 0.29) is 17.5 Å². The van der Waals surface area contributed by atoms with Crippen LogP contribution in [0.25, 0.3) is 0 Å². The standard InChI is InChI=1S/C18H25N5O2S/c1-12(2)15-8-16(24)23(11-20-15)10-14-4-6-22(7-5-14)18(25)21-17-19-9-13(3)26-17/h8-9,11-12,14H,4-7,10H2,1-3H3,(H,19,21,25). The lowest BCUT2D eigenvalue weighted by Crippen LogP contribution is -2.42. The zero-order chi connectivity index (χ0) is 18.7. The number of amides is 2. The lowest BCUT2D eigenvalue weighted by Gasteiger charge is -2.32. The van der Waals surface area contributed by atoms with E-state index in [1.807, 2.05) is 25.7 Å². The van der Waals surface area contributed by atoms with Gasteiger partial charge in [-0.3, -0.25) is 14.7 Å². The van der Waals surface area contributed by atoms with E-state index in [4.69, 9.17) is 0 Å². The Kier molecular flexibility index (Phi) is 5.70. The quantitative estimate of drug-likeness (QED) is 0.890. The smallest absolute Gasteiger partial charge is 0.323 e. The molecule has 0 bridgehead atoms. The number of aromatic nitrogens is 3. The van der Waals surface area contributed by atoms with Gasteiger partial charge in [-0.05, 0) is 31.6 Å². The van der Waals surface area contributed by atoms with Crippen molar-refractivity contribution in [1.29, 1.82) is 0 Å². The molecule has 3 rings (SSSR count). The van der Waals surface area contributed by atoms with E-state index in [9.17, 15) is 9.59 Å². The summed E-state index contributed by atoms with van der Waals surface area (Å²) in [6.45, 7) is 8.05. The first-order valence-electron chi connectivity index (χ1n) is 8.97. The Morgan fingerprint density at radius 1 is 1.35 bits per heavy atom. The number of thiazole rings is 1. The molecule has 0 aliphatic carbocycles. The third-order valence-corrected chi connectivity index (χ3v) is 5.51. The fourth-order valence-corrected chi connectivity index (χ4v) is 3.73. The van der Waals surface area contributed by atoms with Crippen molar-refractivity contribution >= 4 is 22.5 Å². The summed E-state index contributed by atoms with van der Waals surface area (Å²) in [6, 6.07) is 1.53. The normalized spacial score (nSPS) is 15.5. The Hall–Kier alpha value is -2.22. The highest BCUT2D eigenvalue weighted by Gasteiger charge is 2.24. The van der Waals surface area contributed by atoms with E-state index >= 15 is 0 Å². The number of anilines is 1. The molecule has 0 spiro atoms. The second kappa shape index (κ2) is 7.99. The number of nitrogens with zero attached hydrogens (tertiary/aromatic N) is 4. The molecule has 3 heterocycles. The first-order valence-corrected chi connectivity index (χ1v) is 9.78. The van der Waals surface area contributed by atoms with E-state index in [1.165, 1.54) is 11.3 Å². The van der Waals surface area contributed by atoms with Gasteiger partial charge >= 0.3 is 6.03 Å². The number of urea groups is 1. The van der Waals surface area contributed by atoms with Gasteiger partial charge in [0.05, 0.1) is 12.0 Å². The van der Waals surface area contributed by atoms with Gasteiger partial charge in [0.25, 0.3) is 5.56 Å². The summed E-state index contributed by atoms with van der Waals surface area (Å²) in [5, 5.41) is 3.49. The van der Waals surface area contributed by atoms with Gasteiger partial charge < -0.3 is 4.90 Å². The molecule has 1 N–H and O–H groups in total. The molecule has 1 saturated heterocycles. The number of hydrogen-bond acceptors (Lipinski definition) is 5. The largest absolute Gasteiger partial charge is 0.324 e. The van der Waals surface area contributed by atoms with Crippen molar-refractivity contribution in [1.82, 2.24) is 19.4 Å². The predicted molar refractivity (Wildman–Crippen MR) is 103 cm³/mol. The SMILES string of the molecule is Cc1cnc(NC(=O)N2CCC(Cn3cnc(C(C)C)cc3=O)CC2)s1. The molecule has 2 aromatic rings. The van der Waals surface area contributed by atoms with Crippen LogP contribution < -0.4 is 10.9 Å². The fraction of sp³-hybridized carbons (Fsp3) is 0.556. The van der Waals surface area contributed by atoms with E-state index in [0.29, 0.717) is 30.7 Å². The minimum Gasteiger partial charge on any atom is -0.324 e. The fourth-order valence-electron chi connectivity index (χ4n) is 3.07. The molecule has 2 amide bonds. The van der Waals surface area contributed by atoms with Crippen LogP contribution in [0.15, 0.2) is 23.4 Å². The van der Waals surface area contributed by atoms with Crippen LogP contribution in [0.5, 0.6) is 0 Å². The number of carbonyl (C=O) groups excluding carboxylic acids is 1. The van der Waals surface area contributed by atoms with Crippen molar-refractivity contribution in [2.75, 3.05) is 18.4 Å². The summed E-state index contributed by atoms with van der Waals surface area (Å²) in [7, 11) is 0. The lowest BCUT2D eigenvalue weighted by atomic mass is 9.97. The van der Waals surface area contributed by atoms with Crippen molar-refractivity contribution < 1.29 is 4.79 Å². The van der Waals surface area contributed by atoms with Crippen molar-refractivity contribution in [3.05, 3.63) is 39.5 Å². The minimum atomic E-state index is -0.0991. The highest BCUT2D eigenvalue weighted by molar-refractivity contribution is 7.15. The molecule has 0 radical (unpaired) electrons. The second-order valence-electron chi connectivity index (χ2n) is 7.10. The number of likely N-dealkylation sites (tertiary alicyclic amines) is 1. The molecule has 1 aliphatic rings. The Labute approximate surface area is 157 Å². The molecule has 0 unspecified atom stereocenters. The number of carbonyl (C=O) groups is 1. The summed E-state index contributed by atoms with van der Waals surface area (Å²) in [4.78, 5) is 36.0. The minimum absolute atomic E-state index is 0.00279. The molecule has 0 aromatic carbocycles. The monoisotopic (exact) mass is 375 g/mol. The Balaban J connectivity index is 1.52. The van der Waals surface area contributed by atoms with Crippen LogP contribution in [-0.2, 0) is 6.54 Å². The topological polar surface area (TPSA) is 80.1 Å². The average Bonchev–Trinajstić information content (AvgIpc) is 3.02. The second-order valence-corrected chi connectivity index (χ2v) is 8.33. The Bertz CT molecular complexity index is 821. The molecule has 2 aromatic heterocycles. The highest BCUT2D eigenvalue weighted by Crippen LogP contribution is 2.21. The molecule has 1 fully saturated rings.